The molecule has 1 aromatic heterocycles. The highest BCUT2D eigenvalue weighted by atomic mass is 35.5. The number of amides is 1. The van der Waals surface area contributed by atoms with E-state index in [1.54, 1.807) is 18.2 Å². The first kappa shape index (κ1) is 18.2. The molecule has 6 heteroatoms. The Balaban J connectivity index is 0.00000242. The van der Waals surface area contributed by atoms with Gasteiger partial charge in [-0.25, -0.2) is 0 Å². The zero-order valence-electron chi connectivity index (χ0n) is 12.8. The van der Waals surface area contributed by atoms with E-state index < -0.39 is 5.54 Å². The monoisotopic (exact) mass is 323 g/mol. The number of carbonyl (C=O) groups is 1. The Labute approximate surface area is 135 Å². The van der Waals surface area contributed by atoms with Crippen molar-refractivity contribution in [3.63, 3.8) is 0 Å². The molecule has 0 aliphatic carbocycles. The zero-order valence-corrected chi connectivity index (χ0v) is 13.6. The SMILES string of the molecule is CCC(N)(CC)CNC(=O)c1cc2ccccc2c(=O)[nH]1.Cl. The number of nitrogens with one attached hydrogen (secondary N) is 2. The third kappa shape index (κ3) is 3.87. The van der Waals surface area contributed by atoms with Gasteiger partial charge in [-0.1, -0.05) is 32.0 Å². The third-order valence-corrected chi connectivity index (χ3v) is 4.01. The molecule has 22 heavy (non-hydrogen) atoms. The van der Waals surface area contributed by atoms with Gasteiger partial charge in [-0.2, -0.15) is 0 Å². The Kier molecular flexibility index (Phi) is 6.14. The molecule has 5 nitrogen and oxygen atoms in total. The van der Waals surface area contributed by atoms with Crippen LogP contribution in [-0.2, 0) is 0 Å². The smallest absolute Gasteiger partial charge is 0.267 e. The minimum absolute atomic E-state index is 0. The van der Waals surface area contributed by atoms with Gasteiger partial charge in [0.1, 0.15) is 5.69 Å². The lowest BCUT2D eigenvalue weighted by atomic mass is 9.94. The number of aromatic amines is 1. The van der Waals surface area contributed by atoms with Crippen molar-refractivity contribution in [2.75, 3.05) is 6.54 Å². The van der Waals surface area contributed by atoms with E-state index in [2.05, 4.69) is 10.3 Å². The average molecular weight is 324 g/mol. The van der Waals surface area contributed by atoms with E-state index >= 15 is 0 Å². The lowest BCUT2D eigenvalue weighted by molar-refractivity contribution is 0.0937. The van der Waals surface area contributed by atoms with Crippen molar-refractivity contribution < 1.29 is 4.79 Å². The molecule has 0 spiro atoms. The summed E-state index contributed by atoms with van der Waals surface area (Å²) in [6.45, 7) is 4.37. The standard InChI is InChI=1S/C16H21N3O2.ClH/c1-3-16(17,4-2)10-18-15(21)13-9-11-7-5-6-8-12(11)14(20)19-13;/h5-9H,3-4,10,17H2,1-2H3,(H,18,21)(H,19,20);1H. The van der Waals surface area contributed by atoms with Crippen LogP contribution >= 0.6 is 12.4 Å². The molecule has 4 N–H and O–H groups in total. The molecule has 0 fully saturated rings. The number of hydrogen-bond acceptors (Lipinski definition) is 3. The number of fused-ring (bicyclic) bond motifs is 1. The van der Waals surface area contributed by atoms with E-state index in [-0.39, 0.29) is 29.6 Å². The van der Waals surface area contributed by atoms with E-state index in [0.29, 0.717) is 11.9 Å². The van der Waals surface area contributed by atoms with Gasteiger partial charge in [0.2, 0.25) is 0 Å². The molecule has 0 bridgehead atoms. The van der Waals surface area contributed by atoms with Crippen LogP contribution in [0.1, 0.15) is 37.2 Å². The topological polar surface area (TPSA) is 88.0 Å². The number of carbonyl (C=O) groups excluding carboxylic acids is 1. The molecule has 2 aromatic rings. The van der Waals surface area contributed by atoms with Gasteiger partial charge in [-0.3, -0.25) is 9.59 Å². The molecular formula is C16H22ClN3O2. The van der Waals surface area contributed by atoms with Crippen LogP contribution in [0.5, 0.6) is 0 Å². The van der Waals surface area contributed by atoms with Crippen LogP contribution in [0.3, 0.4) is 0 Å². The summed E-state index contributed by atoms with van der Waals surface area (Å²) in [6, 6.07) is 8.86. The second-order valence-corrected chi connectivity index (χ2v) is 5.35. The van der Waals surface area contributed by atoms with Crippen molar-refractivity contribution in [2.45, 2.75) is 32.2 Å². The van der Waals surface area contributed by atoms with Crippen LogP contribution in [-0.4, -0.2) is 23.0 Å². The molecule has 2 rings (SSSR count). The first-order valence-electron chi connectivity index (χ1n) is 7.18. The Bertz CT molecular complexity index is 708. The van der Waals surface area contributed by atoms with E-state index in [1.165, 1.54) is 0 Å². The number of H-pyrrole nitrogens is 1. The number of halogens is 1. The number of rotatable bonds is 5. The molecule has 1 aromatic carbocycles. The fraction of sp³-hybridized carbons (Fsp3) is 0.375. The highest BCUT2D eigenvalue weighted by Gasteiger charge is 2.21. The van der Waals surface area contributed by atoms with Crippen LogP contribution in [0.25, 0.3) is 10.8 Å². The van der Waals surface area contributed by atoms with Gasteiger partial charge in [-0.05, 0) is 30.4 Å². The third-order valence-electron chi connectivity index (χ3n) is 4.01. The van der Waals surface area contributed by atoms with Gasteiger partial charge >= 0.3 is 0 Å². The quantitative estimate of drug-likeness (QED) is 0.788. The Morgan fingerprint density at radius 2 is 1.91 bits per heavy atom. The molecule has 1 amide bonds. The molecule has 0 saturated heterocycles. The van der Waals surface area contributed by atoms with Crippen LogP contribution in [0.2, 0.25) is 0 Å². The highest BCUT2D eigenvalue weighted by Crippen LogP contribution is 2.11. The molecule has 0 aliphatic rings. The summed E-state index contributed by atoms with van der Waals surface area (Å²) >= 11 is 0. The first-order valence-corrected chi connectivity index (χ1v) is 7.18. The Hall–Kier alpha value is -1.85. The minimum Gasteiger partial charge on any atom is -0.349 e. The van der Waals surface area contributed by atoms with Crippen LogP contribution in [0, 0.1) is 0 Å². The summed E-state index contributed by atoms with van der Waals surface area (Å²) in [6.07, 6.45) is 1.55. The van der Waals surface area contributed by atoms with Crippen LogP contribution < -0.4 is 16.6 Å². The summed E-state index contributed by atoms with van der Waals surface area (Å²) in [5.74, 6) is -0.311. The van der Waals surface area contributed by atoms with Gasteiger partial charge in [0.25, 0.3) is 11.5 Å². The molecule has 0 unspecified atom stereocenters. The van der Waals surface area contributed by atoms with Gasteiger partial charge in [0.15, 0.2) is 0 Å². The predicted molar refractivity (Wildman–Crippen MR) is 91.7 cm³/mol. The Morgan fingerprint density at radius 3 is 2.55 bits per heavy atom. The summed E-state index contributed by atoms with van der Waals surface area (Å²) in [7, 11) is 0. The largest absolute Gasteiger partial charge is 0.349 e. The first-order chi connectivity index (χ1) is 9.99. The second-order valence-electron chi connectivity index (χ2n) is 5.35. The van der Waals surface area contributed by atoms with Crippen molar-refractivity contribution in [3.05, 3.63) is 46.4 Å². The number of hydrogen-bond donors (Lipinski definition) is 3. The fourth-order valence-corrected chi connectivity index (χ4v) is 2.18. The van der Waals surface area contributed by atoms with E-state index in [0.717, 1.165) is 18.2 Å². The second kappa shape index (κ2) is 7.42. The summed E-state index contributed by atoms with van der Waals surface area (Å²) in [4.78, 5) is 26.8. The average Bonchev–Trinajstić information content (AvgIpc) is 2.52. The maximum Gasteiger partial charge on any atom is 0.267 e. The predicted octanol–water partition coefficient (Wildman–Crippen LogP) is 2.20. The van der Waals surface area contributed by atoms with Crippen molar-refractivity contribution in [1.82, 2.24) is 10.3 Å². The lowest BCUT2D eigenvalue weighted by Gasteiger charge is -2.26. The Morgan fingerprint density at radius 1 is 1.27 bits per heavy atom. The highest BCUT2D eigenvalue weighted by molar-refractivity contribution is 5.96. The van der Waals surface area contributed by atoms with E-state index in [1.807, 2.05) is 26.0 Å². The number of benzene rings is 1. The zero-order chi connectivity index (χ0) is 15.5. The lowest BCUT2D eigenvalue weighted by Crippen LogP contribution is -2.49. The van der Waals surface area contributed by atoms with Crippen LogP contribution in [0.4, 0.5) is 0 Å². The van der Waals surface area contributed by atoms with E-state index in [4.69, 9.17) is 5.73 Å². The number of aromatic nitrogens is 1. The number of pyridine rings is 1. The fourth-order valence-electron chi connectivity index (χ4n) is 2.18. The normalized spacial score (nSPS) is 11.0. The van der Waals surface area contributed by atoms with Gasteiger partial charge in [0.05, 0.1) is 0 Å². The van der Waals surface area contributed by atoms with Gasteiger partial charge in [-0.15, -0.1) is 12.4 Å². The molecule has 1 heterocycles. The van der Waals surface area contributed by atoms with Crippen molar-refractivity contribution in [1.29, 1.82) is 0 Å². The van der Waals surface area contributed by atoms with Crippen molar-refractivity contribution >= 4 is 29.1 Å². The van der Waals surface area contributed by atoms with Gasteiger partial charge < -0.3 is 16.0 Å². The minimum atomic E-state index is -0.410. The molecule has 0 radical (unpaired) electrons. The summed E-state index contributed by atoms with van der Waals surface area (Å²) in [5.41, 5.74) is 5.74. The molecule has 0 saturated carbocycles. The van der Waals surface area contributed by atoms with Crippen LogP contribution in [0.15, 0.2) is 35.1 Å². The van der Waals surface area contributed by atoms with Crippen molar-refractivity contribution in [2.24, 2.45) is 5.73 Å². The molecule has 0 aliphatic heterocycles. The summed E-state index contributed by atoms with van der Waals surface area (Å²) in [5, 5.41) is 4.12. The molecule has 0 atom stereocenters. The van der Waals surface area contributed by atoms with E-state index in [9.17, 15) is 9.59 Å². The maximum atomic E-state index is 12.2. The number of nitrogens with two attached hydrogens (primary N) is 1. The van der Waals surface area contributed by atoms with Gasteiger partial charge in [0, 0.05) is 17.5 Å². The molecule has 120 valence electrons. The summed E-state index contributed by atoms with van der Waals surface area (Å²) < 4.78 is 0. The maximum absolute atomic E-state index is 12.2. The molecular weight excluding hydrogens is 302 g/mol. The van der Waals surface area contributed by atoms with Crippen molar-refractivity contribution in [3.8, 4) is 0 Å².